The molecular formula is C16H10Cl4N2O2. The molecule has 0 aromatic heterocycles. The molecule has 0 aliphatic carbocycles. The predicted molar refractivity (Wildman–Crippen MR) is 97.4 cm³/mol. The van der Waals surface area contributed by atoms with E-state index < -0.39 is 11.9 Å². The Balaban J connectivity index is 1.88. The standard InChI is InChI=1S/C16H10Cl4N2O2/c17-8-4-5-11(10(19)6-8)21-12-7-14(23)22(16(12)24)13-3-1-2-9(18)15(13)20/h1-6,12,21H,7H2/t12-/m0/s1. The second kappa shape index (κ2) is 6.81. The fraction of sp³-hybridized carbons (Fsp3) is 0.125. The first-order valence-electron chi connectivity index (χ1n) is 6.91. The minimum atomic E-state index is -0.744. The van der Waals surface area contributed by atoms with Crippen LogP contribution in [0.1, 0.15) is 6.42 Å². The lowest BCUT2D eigenvalue weighted by atomic mass is 10.2. The van der Waals surface area contributed by atoms with E-state index in [0.717, 1.165) is 4.90 Å². The number of nitrogens with zero attached hydrogens (tertiary/aromatic N) is 1. The first-order valence-corrected chi connectivity index (χ1v) is 8.42. The monoisotopic (exact) mass is 402 g/mol. The number of halogens is 4. The predicted octanol–water partition coefficient (Wildman–Crippen LogP) is 5.04. The molecule has 124 valence electrons. The molecule has 0 unspecified atom stereocenters. The number of hydrogen-bond donors (Lipinski definition) is 1. The molecule has 1 atom stereocenters. The highest BCUT2D eigenvalue weighted by Gasteiger charge is 2.40. The van der Waals surface area contributed by atoms with Gasteiger partial charge in [0, 0.05) is 5.02 Å². The van der Waals surface area contributed by atoms with Crippen molar-refractivity contribution in [2.75, 3.05) is 10.2 Å². The zero-order chi connectivity index (χ0) is 17.4. The second-order valence-corrected chi connectivity index (χ2v) is 6.79. The van der Waals surface area contributed by atoms with Crippen LogP contribution in [-0.2, 0) is 9.59 Å². The third-order valence-corrected chi connectivity index (χ3v) is 4.94. The van der Waals surface area contributed by atoms with Gasteiger partial charge in [0.25, 0.3) is 5.91 Å². The van der Waals surface area contributed by atoms with Crippen molar-refractivity contribution in [2.45, 2.75) is 12.5 Å². The van der Waals surface area contributed by atoms with Crippen LogP contribution in [0.5, 0.6) is 0 Å². The number of amides is 2. The van der Waals surface area contributed by atoms with Crippen molar-refractivity contribution in [3.63, 3.8) is 0 Å². The summed E-state index contributed by atoms with van der Waals surface area (Å²) in [5.74, 6) is -0.790. The summed E-state index contributed by atoms with van der Waals surface area (Å²) in [4.78, 5) is 26.0. The van der Waals surface area contributed by atoms with E-state index >= 15 is 0 Å². The Kier molecular flexibility index (Phi) is 4.92. The van der Waals surface area contributed by atoms with Gasteiger partial charge >= 0.3 is 0 Å². The first-order chi connectivity index (χ1) is 11.4. The van der Waals surface area contributed by atoms with Crippen LogP contribution in [0.3, 0.4) is 0 Å². The molecule has 0 spiro atoms. The Hall–Kier alpha value is -1.46. The van der Waals surface area contributed by atoms with E-state index in [0.29, 0.717) is 15.7 Å². The van der Waals surface area contributed by atoms with Crippen LogP contribution in [0.25, 0.3) is 0 Å². The number of carbonyl (C=O) groups excluding carboxylic acids is 2. The Bertz CT molecular complexity index is 841. The van der Waals surface area contributed by atoms with Gasteiger partial charge in [-0.3, -0.25) is 9.59 Å². The first kappa shape index (κ1) is 17.4. The molecule has 2 aromatic carbocycles. The van der Waals surface area contributed by atoms with Gasteiger partial charge in [-0.2, -0.15) is 0 Å². The molecule has 2 amide bonds. The van der Waals surface area contributed by atoms with Crippen LogP contribution in [0.2, 0.25) is 20.1 Å². The van der Waals surface area contributed by atoms with Gasteiger partial charge in [-0.1, -0.05) is 52.5 Å². The molecule has 4 nitrogen and oxygen atoms in total. The van der Waals surface area contributed by atoms with E-state index in [1.165, 1.54) is 0 Å². The molecule has 1 aliphatic heterocycles. The van der Waals surface area contributed by atoms with Crippen LogP contribution in [0, 0.1) is 0 Å². The van der Waals surface area contributed by atoms with Crippen molar-refractivity contribution in [3.05, 3.63) is 56.5 Å². The topological polar surface area (TPSA) is 49.4 Å². The van der Waals surface area contributed by atoms with E-state index in [-0.39, 0.29) is 28.1 Å². The molecule has 2 aromatic rings. The molecule has 24 heavy (non-hydrogen) atoms. The summed E-state index contributed by atoms with van der Waals surface area (Å²) in [6.07, 6.45) is -0.0133. The van der Waals surface area contributed by atoms with Gasteiger partial charge in [-0.05, 0) is 30.3 Å². The highest BCUT2D eigenvalue weighted by molar-refractivity contribution is 6.45. The molecule has 1 N–H and O–H groups in total. The summed E-state index contributed by atoms with van der Waals surface area (Å²) >= 11 is 24.0. The number of hydrogen-bond acceptors (Lipinski definition) is 3. The lowest BCUT2D eigenvalue weighted by molar-refractivity contribution is -0.121. The van der Waals surface area contributed by atoms with Gasteiger partial charge in [0.1, 0.15) is 6.04 Å². The average molecular weight is 404 g/mol. The van der Waals surface area contributed by atoms with Crippen molar-refractivity contribution in [1.29, 1.82) is 0 Å². The summed E-state index contributed by atoms with van der Waals surface area (Å²) in [5.41, 5.74) is 0.789. The van der Waals surface area contributed by atoms with E-state index in [1.54, 1.807) is 36.4 Å². The Morgan fingerprint density at radius 3 is 2.46 bits per heavy atom. The number of rotatable bonds is 3. The van der Waals surface area contributed by atoms with Crippen LogP contribution in [0.4, 0.5) is 11.4 Å². The summed E-state index contributed by atoms with van der Waals surface area (Å²) in [6.45, 7) is 0. The molecule has 0 bridgehead atoms. The van der Waals surface area contributed by atoms with Crippen molar-refractivity contribution < 1.29 is 9.59 Å². The van der Waals surface area contributed by atoms with Crippen molar-refractivity contribution in [1.82, 2.24) is 0 Å². The number of benzene rings is 2. The molecule has 0 saturated carbocycles. The van der Waals surface area contributed by atoms with E-state index in [2.05, 4.69) is 5.32 Å². The summed E-state index contributed by atoms with van der Waals surface area (Å²) in [7, 11) is 0. The minimum Gasteiger partial charge on any atom is -0.372 e. The smallest absolute Gasteiger partial charge is 0.256 e. The Morgan fingerprint density at radius 1 is 1.00 bits per heavy atom. The quantitative estimate of drug-likeness (QED) is 0.730. The second-order valence-electron chi connectivity index (χ2n) is 5.17. The van der Waals surface area contributed by atoms with E-state index in [9.17, 15) is 9.59 Å². The highest BCUT2D eigenvalue weighted by atomic mass is 35.5. The van der Waals surface area contributed by atoms with Gasteiger partial charge in [-0.25, -0.2) is 4.90 Å². The fourth-order valence-electron chi connectivity index (χ4n) is 2.46. The van der Waals surface area contributed by atoms with E-state index in [4.69, 9.17) is 46.4 Å². The van der Waals surface area contributed by atoms with Gasteiger partial charge in [-0.15, -0.1) is 0 Å². The van der Waals surface area contributed by atoms with Crippen LogP contribution < -0.4 is 10.2 Å². The van der Waals surface area contributed by atoms with Gasteiger partial charge in [0.15, 0.2) is 0 Å². The Morgan fingerprint density at radius 2 is 1.75 bits per heavy atom. The average Bonchev–Trinajstić information content (AvgIpc) is 2.80. The summed E-state index contributed by atoms with van der Waals surface area (Å²) in [5, 5.41) is 4.24. The molecule has 1 saturated heterocycles. The third kappa shape index (κ3) is 3.20. The fourth-order valence-corrected chi connectivity index (χ4v) is 3.30. The Labute approximate surface area is 158 Å². The molecule has 1 aliphatic rings. The number of nitrogens with one attached hydrogen (secondary N) is 1. The van der Waals surface area contributed by atoms with Gasteiger partial charge in [0.05, 0.1) is 32.9 Å². The molecule has 1 fully saturated rings. The lowest BCUT2D eigenvalue weighted by Crippen LogP contribution is -2.35. The molecule has 3 rings (SSSR count). The lowest BCUT2D eigenvalue weighted by Gasteiger charge is -2.18. The van der Waals surface area contributed by atoms with Gasteiger partial charge < -0.3 is 5.32 Å². The van der Waals surface area contributed by atoms with Crippen LogP contribution >= 0.6 is 46.4 Å². The largest absolute Gasteiger partial charge is 0.372 e. The maximum absolute atomic E-state index is 12.6. The normalized spacial score (nSPS) is 17.5. The van der Waals surface area contributed by atoms with Crippen molar-refractivity contribution in [2.24, 2.45) is 0 Å². The van der Waals surface area contributed by atoms with E-state index in [1.807, 2.05) is 0 Å². The van der Waals surface area contributed by atoms with Crippen LogP contribution in [-0.4, -0.2) is 17.9 Å². The zero-order valence-electron chi connectivity index (χ0n) is 12.0. The van der Waals surface area contributed by atoms with Gasteiger partial charge in [0.2, 0.25) is 5.91 Å². The molecule has 1 heterocycles. The van der Waals surface area contributed by atoms with Crippen molar-refractivity contribution in [3.8, 4) is 0 Å². The summed E-state index contributed by atoms with van der Waals surface area (Å²) < 4.78 is 0. The molecule has 0 radical (unpaired) electrons. The minimum absolute atomic E-state index is 0.0133. The third-order valence-electron chi connectivity index (χ3n) is 3.58. The van der Waals surface area contributed by atoms with Crippen molar-refractivity contribution >= 4 is 69.6 Å². The van der Waals surface area contributed by atoms with Crippen LogP contribution in [0.15, 0.2) is 36.4 Å². The number of anilines is 2. The summed E-state index contributed by atoms with van der Waals surface area (Å²) in [6, 6.07) is 8.88. The molecule has 8 heteroatoms. The zero-order valence-corrected chi connectivity index (χ0v) is 15.0. The maximum Gasteiger partial charge on any atom is 0.256 e. The molecular weight excluding hydrogens is 394 g/mol. The maximum atomic E-state index is 12.6. The number of imide groups is 1. The SMILES string of the molecule is O=C1C[C@H](Nc2ccc(Cl)cc2Cl)C(=O)N1c1cccc(Cl)c1Cl. The highest BCUT2D eigenvalue weighted by Crippen LogP contribution is 2.36. The number of carbonyl (C=O) groups is 2.